The van der Waals surface area contributed by atoms with E-state index >= 15 is 0 Å². The second kappa shape index (κ2) is 4.40. The van der Waals surface area contributed by atoms with Gasteiger partial charge in [-0.1, -0.05) is 0 Å². The Labute approximate surface area is 100 Å². The Kier molecular flexibility index (Phi) is 2.92. The number of halogens is 1. The molecule has 2 rings (SSSR count). The van der Waals surface area contributed by atoms with Gasteiger partial charge in [0.2, 0.25) is 11.8 Å². The molecule has 1 aromatic heterocycles. The van der Waals surface area contributed by atoms with Crippen LogP contribution >= 0.6 is 0 Å². The first kappa shape index (κ1) is 12.0. The molecule has 2 heterocycles. The van der Waals surface area contributed by atoms with Gasteiger partial charge in [-0.05, 0) is 6.07 Å². The summed E-state index contributed by atoms with van der Waals surface area (Å²) in [5.41, 5.74) is -0.557. The zero-order chi connectivity index (χ0) is 13.3. The van der Waals surface area contributed by atoms with Crippen LogP contribution in [0.25, 0.3) is 0 Å². The summed E-state index contributed by atoms with van der Waals surface area (Å²) in [6, 6.07) is 1.01. The maximum Gasteiger partial charge on any atom is 0.338 e. The molecule has 1 aliphatic rings. The largest absolute Gasteiger partial charge is 0.478 e. The van der Waals surface area contributed by atoms with E-state index in [4.69, 9.17) is 5.11 Å². The summed E-state index contributed by atoms with van der Waals surface area (Å²) in [6.07, 6.45) is 1.11. The molecule has 1 aromatic rings. The van der Waals surface area contributed by atoms with Gasteiger partial charge in [-0.2, -0.15) is 0 Å². The monoisotopic (exact) mass is 253 g/mol. The predicted octanol–water partition coefficient (Wildman–Crippen LogP) is -0.618. The molecule has 8 heteroatoms. The molecule has 2 amide bonds. The van der Waals surface area contributed by atoms with E-state index in [-0.39, 0.29) is 18.9 Å². The Hall–Kier alpha value is -2.51. The Morgan fingerprint density at radius 3 is 2.56 bits per heavy atom. The molecule has 0 unspecified atom stereocenters. The zero-order valence-electron chi connectivity index (χ0n) is 9.01. The highest BCUT2D eigenvalue weighted by Crippen LogP contribution is 2.20. The van der Waals surface area contributed by atoms with Gasteiger partial charge in [0.25, 0.3) is 0 Å². The van der Waals surface area contributed by atoms with Gasteiger partial charge >= 0.3 is 5.97 Å². The molecule has 94 valence electrons. The number of imide groups is 1. The zero-order valence-corrected chi connectivity index (χ0v) is 9.01. The van der Waals surface area contributed by atoms with Crippen molar-refractivity contribution in [1.29, 1.82) is 0 Å². The van der Waals surface area contributed by atoms with E-state index in [1.165, 1.54) is 0 Å². The number of nitrogens with zero attached hydrogens (tertiary/aromatic N) is 2. The number of rotatable bonds is 2. The molecule has 0 aliphatic carbocycles. The maximum atomic E-state index is 13.8. The van der Waals surface area contributed by atoms with Gasteiger partial charge < -0.3 is 10.0 Å². The summed E-state index contributed by atoms with van der Waals surface area (Å²) in [4.78, 5) is 37.8. The standard InChI is InChI=1S/C10H8FN3O4/c11-8-5(10(17)18)1-2-12-9(8)14-3-6(15)13-7(16)4-14/h1-2H,3-4H2,(H,17,18)(H,13,15,16). The van der Waals surface area contributed by atoms with Crippen LogP contribution in [-0.4, -0.2) is 41.0 Å². The molecule has 1 aliphatic heterocycles. The van der Waals surface area contributed by atoms with Crippen LogP contribution < -0.4 is 10.2 Å². The molecule has 0 saturated carbocycles. The number of carboxylic acid groups (broad SMARTS) is 1. The van der Waals surface area contributed by atoms with Crippen LogP contribution in [0.4, 0.5) is 10.2 Å². The third kappa shape index (κ3) is 2.12. The Morgan fingerprint density at radius 1 is 1.39 bits per heavy atom. The molecule has 0 spiro atoms. The summed E-state index contributed by atoms with van der Waals surface area (Å²) in [5.74, 6) is -4.00. The fourth-order valence-electron chi connectivity index (χ4n) is 1.61. The number of piperazine rings is 1. The Balaban J connectivity index is 2.39. The molecule has 18 heavy (non-hydrogen) atoms. The Bertz CT molecular complexity index is 530. The van der Waals surface area contributed by atoms with E-state index in [9.17, 15) is 18.8 Å². The van der Waals surface area contributed by atoms with E-state index in [0.717, 1.165) is 17.2 Å². The Morgan fingerprint density at radius 2 is 2.00 bits per heavy atom. The molecule has 0 bridgehead atoms. The molecule has 1 fully saturated rings. The van der Waals surface area contributed by atoms with Crippen molar-refractivity contribution in [2.45, 2.75) is 0 Å². The fourth-order valence-corrected chi connectivity index (χ4v) is 1.61. The molecule has 0 atom stereocenters. The first-order valence-corrected chi connectivity index (χ1v) is 4.94. The van der Waals surface area contributed by atoms with E-state index < -0.39 is 29.2 Å². The third-order valence-corrected chi connectivity index (χ3v) is 2.35. The molecular formula is C10H8FN3O4. The van der Waals surface area contributed by atoms with Gasteiger partial charge in [-0.3, -0.25) is 14.9 Å². The van der Waals surface area contributed by atoms with Gasteiger partial charge in [0.05, 0.1) is 13.1 Å². The highest BCUT2D eigenvalue weighted by atomic mass is 19.1. The number of aromatic nitrogens is 1. The summed E-state index contributed by atoms with van der Waals surface area (Å²) >= 11 is 0. The number of carboxylic acids is 1. The summed E-state index contributed by atoms with van der Waals surface area (Å²) in [5, 5.41) is 10.8. The van der Waals surface area contributed by atoms with Crippen LogP contribution in [0, 0.1) is 5.82 Å². The topological polar surface area (TPSA) is 99.6 Å². The van der Waals surface area contributed by atoms with Gasteiger partial charge in [-0.25, -0.2) is 14.2 Å². The summed E-state index contributed by atoms with van der Waals surface area (Å²) < 4.78 is 13.8. The number of hydrogen-bond donors (Lipinski definition) is 2. The summed E-state index contributed by atoms with van der Waals surface area (Å²) in [7, 11) is 0. The van der Waals surface area contributed by atoms with Gasteiger partial charge in [-0.15, -0.1) is 0 Å². The van der Waals surface area contributed by atoms with Crippen LogP contribution in [0.5, 0.6) is 0 Å². The van der Waals surface area contributed by atoms with E-state index in [2.05, 4.69) is 4.98 Å². The SMILES string of the molecule is O=C1CN(c2nccc(C(=O)O)c2F)CC(=O)N1. The van der Waals surface area contributed by atoms with E-state index in [1.54, 1.807) is 0 Å². The van der Waals surface area contributed by atoms with E-state index in [1.807, 2.05) is 5.32 Å². The minimum Gasteiger partial charge on any atom is -0.478 e. The van der Waals surface area contributed by atoms with Crippen LogP contribution in [0.15, 0.2) is 12.3 Å². The van der Waals surface area contributed by atoms with Crippen LogP contribution in [0.2, 0.25) is 0 Å². The smallest absolute Gasteiger partial charge is 0.338 e. The van der Waals surface area contributed by atoms with Crippen LogP contribution in [-0.2, 0) is 9.59 Å². The lowest BCUT2D eigenvalue weighted by Gasteiger charge is -2.26. The van der Waals surface area contributed by atoms with Crippen molar-refractivity contribution in [3.05, 3.63) is 23.6 Å². The van der Waals surface area contributed by atoms with E-state index in [0.29, 0.717) is 0 Å². The van der Waals surface area contributed by atoms with Crippen molar-refractivity contribution >= 4 is 23.6 Å². The van der Waals surface area contributed by atoms with Crippen molar-refractivity contribution < 1.29 is 23.9 Å². The number of carbonyl (C=O) groups is 3. The molecule has 0 radical (unpaired) electrons. The highest BCUT2D eigenvalue weighted by Gasteiger charge is 2.27. The maximum absolute atomic E-state index is 13.8. The van der Waals surface area contributed by atoms with Crippen LogP contribution in [0.3, 0.4) is 0 Å². The molecule has 2 N–H and O–H groups in total. The molecule has 7 nitrogen and oxygen atoms in total. The van der Waals surface area contributed by atoms with Crippen molar-refractivity contribution in [3.63, 3.8) is 0 Å². The number of carbonyl (C=O) groups excluding carboxylic acids is 2. The highest BCUT2D eigenvalue weighted by molar-refractivity contribution is 6.02. The first-order valence-electron chi connectivity index (χ1n) is 4.94. The van der Waals surface area contributed by atoms with Crippen LogP contribution in [0.1, 0.15) is 10.4 Å². The van der Waals surface area contributed by atoms with Gasteiger partial charge in [0.15, 0.2) is 11.6 Å². The lowest BCUT2D eigenvalue weighted by molar-refractivity contribution is -0.130. The summed E-state index contributed by atoms with van der Waals surface area (Å²) in [6.45, 7) is -0.503. The lowest BCUT2D eigenvalue weighted by atomic mass is 10.2. The number of aromatic carboxylic acids is 1. The first-order chi connectivity index (χ1) is 8.49. The molecular weight excluding hydrogens is 245 g/mol. The van der Waals surface area contributed by atoms with Gasteiger partial charge in [0.1, 0.15) is 5.56 Å². The molecule has 0 aromatic carbocycles. The lowest BCUT2D eigenvalue weighted by Crippen LogP contribution is -2.52. The predicted molar refractivity (Wildman–Crippen MR) is 56.5 cm³/mol. The molecule has 1 saturated heterocycles. The number of hydrogen-bond acceptors (Lipinski definition) is 5. The van der Waals surface area contributed by atoms with Crippen molar-refractivity contribution in [2.24, 2.45) is 0 Å². The fraction of sp³-hybridized carbons (Fsp3) is 0.200. The second-order valence-electron chi connectivity index (χ2n) is 3.63. The third-order valence-electron chi connectivity index (χ3n) is 2.35. The average Bonchev–Trinajstić information content (AvgIpc) is 2.27. The van der Waals surface area contributed by atoms with Crippen molar-refractivity contribution in [3.8, 4) is 0 Å². The van der Waals surface area contributed by atoms with Crippen molar-refractivity contribution in [1.82, 2.24) is 10.3 Å². The minimum atomic E-state index is -1.44. The number of amides is 2. The van der Waals surface area contributed by atoms with Gasteiger partial charge in [0, 0.05) is 6.20 Å². The second-order valence-corrected chi connectivity index (χ2v) is 3.63. The number of anilines is 1. The van der Waals surface area contributed by atoms with Crippen molar-refractivity contribution in [2.75, 3.05) is 18.0 Å². The minimum absolute atomic E-state index is 0.251. The number of pyridine rings is 1. The normalized spacial score (nSPS) is 15.5. The number of nitrogens with one attached hydrogen (secondary N) is 1. The average molecular weight is 253 g/mol. The quantitative estimate of drug-likeness (QED) is 0.681.